The van der Waals surface area contributed by atoms with Crippen molar-refractivity contribution in [3.05, 3.63) is 62.4 Å². The zero-order chi connectivity index (χ0) is 19.0. The number of carbonyl (C=O) groups is 1. The average molecular weight is 387 g/mol. The molecule has 0 bridgehead atoms. The molecule has 0 aliphatic heterocycles. The Morgan fingerprint density at radius 2 is 1.85 bits per heavy atom. The second-order valence-corrected chi connectivity index (χ2v) is 7.59. The van der Waals surface area contributed by atoms with E-state index in [0.717, 1.165) is 30.3 Å². The molecule has 1 fully saturated rings. The van der Waals surface area contributed by atoms with Gasteiger partial charge in [0.25, 0.3) is 5.56 Å². The third-order valence-corrected chi connectivity index (χ3v) is 5.75. The van der Waals surface area contributed by atoms with Crippen LogP contribution in [0.4, 0.5) is 4.39 Å². The van der Waals surface area contributed by atoms with Gasteiger partial charge in [0.15, 0.2) is 0 Å². The molecule has 2 aromatic heterocycles. The summed E-state index contributed by atoms with van der Waals surface area (Å²) in [5.74, 6) is -0.707. The van der Waals surface area contributed by atoms with Crippen molar-refractivity contribution in [2.75, 3.05) is 0 Å². The summed E-state index contributed by atoms with van der Waals surface area (Å²) in [5, 5.41) is 4.67. The van der Waals surface area contributed by atoms with Gasteiger partial charge in [-0.15, -0.1) is 11.3 Å². The lowest BCUT2D eigenvalue weighted by atomic mass is 10.2. The summed E-state index contributed by atoms with van der Waals surface area (Å²) in [6, 6.07) is 6.95. The van der Waals surface area contributed by atoms with Crippen LogP contribution in [0.15, 0.2) is 45.3 Å². The molecule has 3 aromatic rings. The van der Waals surface area contributed by atoms with Crippen LogP contribution in [0.1, 0.15) is 25.7 Å². The molecule has 0 spiro atoms. The van der Waals surface area contributed by atoms with E-state index in [2.05, 4.69) is 5.32 Å². The van der Waals surface area contributed by atoms with Crippen molar-refractivity contribution in [1.82, 2.24) is 14.5 Å². The number of carbonyl (C=O) groups excluding carboxylic acids is 1. The molecule has 4 rings (SSSR count). The van der Waals surface area contributed by atoms with Crippen LogP contribution < -0.4 is 16.6 Å². The largest absolute Gasteiger partial charge is 0.352 e. The van der Waals surface area contributed by atoms with Crippen molar-refractivity contribution in [1.29, 1.82) is 0 Å². The topological polar surface area (TPSA) is 73.1 Å². The Morgan fingerprint density at radius 3 is 2.56 bits per heavy atom. The van der Waals surface area contributed by atoms with Gasteiger partial charge >= 0.3 is 5.69 Å². The molecule has 0 saturated heterocycles. The first-order valence-corrected chi connectivity index (χ1v) is 9.71. The van der Waals surface area contributed by atoms with Gasteiger partial charge in [0.05, 0.1) is 11.2 Å². The lowest BCUT2D eigenvalue weighted by molar-refractivity contribution is -0.122. The minimum Gasteiger partial charge on any atom is -0.352 e. The van der Waals surface area contributed by atoms with Gasteiger partial charge in [-0.2, -0.15) is 0 Å². The summed E-state index contributed by atoms with van der Waals surface area (Å²) in [6.07, 6.45) is 4.08. The Morgan fingerprint density at radius 1 is 1.15 bits per heavy atom. The second kappa shape index (κ2) is 7.11. The molecule has 0 unspecified atom stereocenters. The number of nitrogens with one attached hydrogen (secondary N) is 1. The molecule has 1 aliphatic carbocycles. The van der Waals surface area contributed by atoms with Gasteiger partial charge in [-0.05, 0) is 48.6 Å². The summed E-state index contributed by atoms with van der Waals surface area (Å²) in [7, 11) is 0. The fraction of sp³-hybridized carbons (Fsp3) is 0.316. The van der Waals surface area contributed by atoms with E-state index in [9.17, 15) is 18.8 Å². The maximum absolute atomic E-state index is 13.2. The second-order valence-electron chi connectivity index (χ2n) is 6.67. The number of hydrogen-bond donors (Lipinski definition) is 1. The first-order chi connectivity index (χ1) is 13.0. The summed E-state index contributed by atoms with van der Waals surface area (Å²) < 4.78 is 15.9. The van der Waals surface area contributed by atoms with Gasteiger partial charge in [0, 0.05) is 6.04 Å². The van der Waals surface area contributed by atoms with E-state index in [1.165, 1.54) is 40.2 Å². The van der Waals surface area contributed by atoms with Gasteiger partial charge in [-0.25, -0.2) is 13.8 Å². The lowest BCUT2D eigenvalue weighted by Gasteiger charge is -2.15. The number of fused-ring (bicyclic) bond motifs is 1. The quantitative estimate of drug-likeness (QED) is 0.747. The molecule has 27 heavy (non-hydrogen) atoms. The van der Waals surface area contributed by atoms with E-state index in [0.29, 0.717) is 10.2 Å². The van der Waals surface area contributed by atoms with Crippen LogP contribution >= 0.6 is 11.3 Å². The van der Waals surface area contributed by atoms with Gasteiger partial charge < -0.3 is 5.32 Å². The van der Waals surface area contributed by atoms with E-state index >= 15 is 0 Å². The molecule has 6 nitrogen and oxygen atoms in total. The van der Waals surface area contributed by atoms with Gasteiger partial charge in [-0.1, -0.05) is 12.8 Å². The van der Waals surface area contributed by atoms with Crippen molar-refractivity contribution >= 4 is 27.5 Å². The Labute approximate surface area is 157 Å². The monoisotopic (exact) mass is 387 g/mol. The molecule has 140 valence electrons. The van der Waals surface area contributed by atoms with Gasteiger partial charge in [0.1, 0.15) is 17.1 Å². The first kappa shape index (κ1) is 17.7. The molecule has 1 N–H and O–H groups in total. The molecular formula is C19H18FN3O3S. The minimum absolute atomic E-state index is 0.147. The van der Waals surface area contributed by atoms with Gasteiger partial charge in [-0.3, -0.25) is 14.2 Å². The van der Waals surface area contributed by atoms with E-state index in [1.807, 2.05) is 0 Å². The predicted molar refractivity (Wildman–Crippen MR) is 102 cm³/mol. The van der Waals surface area contributed by atoms with Crippen LogP contribution in [0, 0.1) is 5.82 Å². The van der Waals surface area contributed by atoms with E-state index in [4.69, 9.17) is 0 Å². The highest BCUT2D eigenvalue weighted by Crippen LogP contribution is 2.19. The highest BCUT2D eigenvalue weighted by molar-refractivity contribution is 7.17. The van der Waals surface area contributed by atoms with Crippen LogP contribution in [0.5, 0.6) is 0 Å². The summed E-state index contributed by atoms with van der Waals surface area (Å²) in [5.41, 5.74) is -0.371. The third-order valence-electron chi connectivity index (χ3n) is 4.86. The van der Waals surface area contributed by atoms with Gasteiger partial charge in [0.2, 0.25) is 5.91 Å². The number of nitrogens with zero attached hydrogens (tertiary/aromatic N) is 2. The maximum Gasteiger partial charge on any atom is 0.336 e. The van der Waals surface area contributed by atoms with Crippen LogP contribution in [-0.2, 0) is 11.3 Å². The van der Waals surface area contributed by atoms with Crippen molar-refractivity contribution in [3.63, 3.8) is 0 Å². The minimum atomic E-state index is -0.612. The lowest BCUT2D eigenvalue weighted by Crippen LogP contribution is -2.42. The molecule has 0 radical (unpaired) electrons. The molecule has 0 atom stereocenters. The summed E-state index contributed by atoms with van der Waals surface area (Å²) in [6.45, 7) is -0.163. The maximum atomic E-state index is 13.2. The molecule has 1 aromatic carbocycles. The zero-order valence-corrected chi connectivity index (χ0v) is 15.3. The van der Waals surface area contributed by atoms with Crippen molar-refractivity contribution in [2.24, 2.45) is 0 Å². The number of aromatic nitrogens is 2. The normalized spacial score (nSPS) is 14.7. The third kappa shape index (κ3) is 3.32. The first-order valence-electron chi connectivity index (χ1n) is 8.83. The van der Waals surface area contributed by atoms with Crippen molar-refractivity contribution in [3.8, 4) is 5.69 Å². The summed E-state index contributed by atoms with van der Waals surface area (Å²) >= 11 is 1.21. The molecule has 1 amide bonds. The average Bonchev–Trinajstić information content (AvgIpc) is 3.32. The number of benzene rings is 1. The van der Waals surface area contributed by atoms with Crippen molar-refractivity contribution < 1.29 is 9.18 Å². The van der Waals surface area contributed by atoms with Crippen molar-refractivity contribution in [2.45, 2.75) is 38.3 Å². The van der Waals surface area contributed by atoms with Crippen LogP contribution in [0.3, 0.4) is 0 Å². The number of halogens is 1. The zero-order valence-electron chi connectivity index (χ0n) is 14.5. The van der Waals surface area contributed by atoms with Crippen LogP contribution in [-0.4, -0.2) is 21.1 Å². The Balaban J connectivity index is 1.79. The highest BCUT2D eigenvalue weighted by atomic mass is 32.1. The Hall–Kier alpha value is -2.74. The Kier molecular flexibility index (Phi) is 4.65. The highest BCUT2D eigenvalue weighted by Gasteiger charge is 2.20. The molecule has 8 heteroatoms. The molecule has 1 saturated carbocycles. The summed E-state index contributed by atoms with van der Waals surface area (Å²) in [4.78, 5) is 38.3. The molecule has 2 heterocycles. The van der Waals surface area contributed by atoms with Crippen LogP contribution in [0.25, 0.3) is 15.9 Å². The number of thiophene rings is 1. The fourth-order valence-corrected chi connectivity index (χ4v) is 4.37. The van der Waals surface area contributed by atoms with E-state index in [1.54, 1.807) is 11.4 Å². The SMILES string of the molecule is O=C(Cn1c(=O)n(-c2ccc(F)cc2)c(=O)c2sccc21)NC1CCCC1. The number of rotatable bonds is 4. The fourth-order valence-electron chi connectivity index (χ4n) is 3.54. The standard InChI is InChI=1S/C19H18FN3O3S/c20-12-5-7-14(8-6-12)23-18(25)17-15(9-10-27-17)22(19(23)26)11-16(24)21-13-3-1-2-4-13/h5-10,13H,1-4,11H2,(H,21,24). The molecule has 1 aliphatic rings. The van der Waals surface area contributed by atoms with E-state index < -0.39 is 17.1 Å². The van der Waals surface area contributed by atoms with Crippen LogP contribution in [0.2, 0.25) is 0 Å². The number of hydrogen-bond acceptors (Lipinski definition) is 4. The van der Waals surface area contributed by atoms with E-state index in [-0.39, 0.29) is 24.2 Å². The number of amides is 1. The smallest absolute Gasteiger partial charge is 0.336 e. The molecular weight excluding hydrogens is 369 g/mol. The predicted octanol–water partition coefficient (Wildman–Crippen LogP) is 2.41. The Bertz CT molecular complexity index is 1110.